The molecule has 0 amide bonds. The molecule has 4 rings (SSSR count). The van der Waals surface area contributed by atoms with E-state index in [-0.39, 0.29) is 0 Å². The van der Waals surface area contributed by atoms with Gasteiger partial charge in [0.2, 0.25) is 0 Å². The molecule has 2 saturated carbocycles. The van der Waals surface area contributed by atoms with Crippen LogP contribution >= 0.6 is 0 Å². The molecule has 4 nitrogen and oxygen atoms in total. The summed E-state index contributed by atoms with van der Waals surface area (Å²) in [4.78, 5) is 0. The summed E-state index contributed by atoms with van der Waals surface area (Å²) in [5, 5.41) is 0. The molecule has 2 saturated heterocycles. The van der Waals surface area contributed by atoms with E-state index in [1.807, 2.05) is 14.2 Å². The fraction of sp³-hybridized carbons (Fsp3) is 1.00. The van der Waals surface area contributed by atoms with Gasteiger partial charge in [-0.15, -0.1) is 0 Å². The molecular weight excluding hydrogens is 376 g/mol. The molecule has 0 bridgehead atoms. The van der Waals surface area contributed by atoms with Crippen LogP contribution in [0.2, 0.25) is 0 Å². The van der Waals surface area contributed by atoms with E-state index in [1.54, 1.807) is 0 Å². The predicted octanol–water partition coefficient (Wildman–Crippen LogP) is 5.01. The molecule has 2 heterocycles. The highest BCUT2D eigenvalue weighted by Crippen LogP contribution is 2.47. The quantitative estimate of drug-likeness (QED) is 0.595. The van der Waals surface area contributed by atoms with E-state index in [4.69, 9.17) is 8.85 Å². The van der Waals surface area contributed by atoms with Crippen molar-refractivity contribution in [2.24, 2.45) is 35.5 Å². The third-order valence-electron chi connectivity index (χ3n) is 9.61. The molecule has 0 spiro atoms. The molecule has 2 aliphatic heterocycles. The first kappa shape index (κ1) is 22.3. The van der Waals surface area contributed by atoms with Crippen LogP contribution in [0.3, 0.4) is 0 Å². The van der Waals surface area contributed by atoms with E-state index in [9.17, 15) is 0 Å². The van der Waals surface area contributed by atoms with Crippen LogP contribution < -0.4 is 0 Å². The Morgan fingerprint density at radius 3 is 1.38 bits per heavy atom. The van der Waals surface area contributed by atoms with Gasteiger partial charge in [-0.3, -0.25) is 9.13 Å². The Hall–Kier alpha value is 0.0569. The highest BCUT2D eigenvalue weighted by Gasteiger charge is 2.59. The van der Waals surface area contributed by atoms with Gasteiger partial charge in [0.15, 0.2) is 0 Å². The van der Waals surface area contributed by atoms with Crippen LogP contribution in [-0.2, 0) is 8.85 Å². The first-order valence-electron chi connectivity index (χ1n) is 12.5. The van der Waals surface area contributed by atoms with Crippen molar-refractivity contribution in [3.8, 4) is 0 Å². The van der Waals surface area contributed by atoms with Gasteiger partial charge in [0.25, 0.3) is 0 Å². The molecule has 0 aromatic carbocycles. The van der Waals surface area contributed by atoms with E-state index in [1.165, 1.54) is 51.4 Å². The summed E-state index contributed by atoms with van der Waals surface area (Å²) in [5.74, 6) is 5.00. The van der Waals surface area contributed by atoms with Crippen molar-refractivity contribution in [2.75, 3.05) is 27.3 Å². The second-order valence-electron chi connectivity index (χ2n) is 11.1. The summed E-state index contributed by atoms with van der Waals surface area (Å²) in [6, 6.07) is 1.31. The second-order valence-corrected chi connectivity index (χ2v) is 14.2. The van der Waals surface area contributed by atoms with Crippen LogP contribution in [0.1, 0.15) is 79.1 Å². The summed E-state index contributed by atoms with van der Waals surface area (Å²) in [6.07, 6.45) is 10.8. The molecular formula is C24H46N2O2Si. The Labute approximate surface area is 181 Å². The maximum Gasteiger partial charge on any atom is 0.522 e. The molecule has 168 valence electrons. The van der Waals surface area contributed by atoms with Crippen molar-refractivity contribution < 1.29 is 8.85 Å². The first-order valence-corrected chi connectivity index (χ1v) is 14.3. The number of nitrogens with zero attached hydrogens (tertiary/aromatic N) is 2. The molecule has 4 aliphatic rings. The summed E-state index contributed by atoms with van der Waals surface area (Å²) in [5.41, 5.74) is 0. The lowest BCUT2D eigenvalue weighted by Crippen LogP contribution is -2.76. The van der Waals surface area contributed by atoms with Crippen LogP contribution in [0.4, 0.5) is 0 Å². The van der Waals surface area contributed by atoms with Gasteiger partial charge in [0, 0.05) is 26.3 Å². The van der Waals surface area contributed by atoms with Gasteiger partial charge in [0.1, 0.15) is 0 Å². The van der Waals surface area contributed by atoms with Crippen molar-refractivity contribution in [3.05, 3.63) is 0 Å². The monoisotopic (exact) mass is 422 g/mol. The van der Waals surface area contributed by atoms with Crippen LogP contribution in [0.15, 0.2) is 0 Å². The second kappa shape index (κ2) is 8.89. The van der Waals surface area contributed by atoms with Gasteiger partial charge in [-0.1, -0.05) is 27.7 Å². The average Bonchev–Trinajstić information content (AvgIpc) is 2.71. The van der Waals surface area contributed by atoms with Gasteiger partial charge in [-0.05, 0) is 100.0 Å². The summed E-state index contributed by atoms with van der Waals surface area (Å²) in [6.45, 7) is 12.2. The highest BCUT2D eigenvalue weighted by molar-refractivity contribution is 6.61. The number of hydrogen-bond acceptors (Lipinski definition) is 4. The zero-order valence-electron chi connectivity index (χ0n) is 19.9. The maximum absolute atomic E-state index is 6.56. The molecule has 0 aromatic rings. The van der Waals surface area contributed by atoms with E-state index in [0.29, 0.717) is 12.1 Å². The zero-order chi connectivity index (χ0) is 20.8. The highest BCUT2D eigenvalue weighted by atomic mass is 28.4. The molecule has 2 aliphatic carbocycles. The fourth-order valence-corrected chi connectivity index (χ4v) is 11.3. The van der Waals surface area contributed by atoms with E-state index < -0.39 is 8.88 Å². The van der Waals surface area contributed by atoms with Crippen molar-refractivity contribution in [2.45, 2.75) is 91.1 Å². The Kier molecular flexibility index (Phi) is 6.83. The molecule has 8 atom stereocenters. The van der Waals surface area contributed by atoms with Gasteiger partial charge in [0.05, 0.1) is 0 Å². The molecule has 29 heavy (non-hydrogen) atoms. The predicted molar refractivity (Wildman–Crippen MR) is 121 cm³/mol. The standard InChI is InChI=1S/C24H46N2O2Si/c1-17-13-21-9-7-11-25(23(21)15-19(17)3)29(27-5,28-6)26-12-8-10-22-14-18(2)20(4)16-24(22)26/h17-24H,7-16H2,1-6H3. The molecule has 0 N–H and O–H groups in total. The van der Waals surface area contributed by atoms with E-state index in [2.05, 4.69) is 36.8 Å². The molecule has 8 unspecified atom stereocenters. The van der Waals surface area contributed by atoms with Gasteiger partial charge in [-0.2, -0.15) is 0 Å². The zero-order valence-corrected chi connectivity index (χ0v) is 20.9. The minimum absolute atomic E-state index is 0.654. The Morgan fingerprint density at radius 1 is 0.621 bits per heavy atom. The minimum atomic E-state index is -2.59. The average molecular weight is 423 g/mol. The minimum Gasteiger partial charge on any atom is -0.374 e. The summed E-state index contributed by atoms with van der Waals surface area (Å²) in [7, 11) is 1.31. The Morgan fingerprint density at radius 2 is 1.00 bits per heavy atom. The lowest BCUT2D eigenvalue weighted by atomic mass is 9.70. The molecule has 4 fully saturated rings. The topological polar surface area (TPSA) is 24.9 Å². The maximum atomic E-state index is 6.56. The van der Waals surface area contributed by atoms with Crippen LogP contribution in [-0.4, -0.2) is 57.4 Å². The fourth-order valence-electron chi connectivity index (χ4n) is 7.53. The Bertz CT molecular complexity index is 513. The number of hydrogen-bond donors (Lipinski definition) is 0. The number of rotatable bonds is 4. The first-order chi connectivity index (χ1) is 13.9. The van der Waals surface area contributed by atoms with Gasteiger partial charge < -0.3 is 8.85 Å². The molecule has 5 heteroatoms. The molecule has 0 aromatic heterocycles. The van der Waals surface area contributed by atoms with Crippen molar-refractivity contribution >= 4 is 8.88 Å². The number of fused-ring (bicyclic) bond motifs is 2. The lowest BCUT2D eigenvalue weighted by Gasteiger charge is -2.58. The van der Waals surface area contributed by atoms with E-state index >= 15 is 0 Å². The normalized spacial score (nSPS) is 44.9. The number of piperidine rings is 2. The SMILES string of the molecule is CO[Si](OC)(N1CCCC2CC(C)C(C)CC21)N1CCCC2CC(C)C(C)CC21. The van der Waals surface area contributed by atoms with Crippen molar-refractivity contribution in [1.82, 2.24) is 9.13 Å². The van der Waals surface area contributed by atoms with Gasteiger partial charge >= 0.3 is 8.88 Å². The van der Waals surface area contributed by atoms with Crippen molar-refractivity contribution in [1.29, 1.82) is 0 Å². The third-order valence-corrected chi connectivity index (χ3v) is 13.2. The van der Waals surface area contributed by atoms with Crippen LogP contribution in [0.5, 0.6) is 0 Å². The largest absolute Gasteiger partial charge is 0.522 e. The van der Waals surface area contributed by atoms with Crippen molar-refractivity contribution in [3.63, 3.8) is 0 Å². The lowest BCUT2D eigenvalue weighted by molar-refractivity contribution is -0.0300. The van der Waals surface area contributed by atoms with Crippen LogP contribution in [0.25, 0.3) is 0 Å². The van der Waals surface area contributed by atoms with Crippen LogP contribution in [0, 0.1) is 35.5 Å². The van der Waals surface area contributed by atoms with Gasteiger partial charge in [-0.25, -0.2) is 0 Å². The third kappa shape index (κ3) is 3.88. The molecule has 0 radical (unpaired) electrons. The summed E-state index contributed by atoms with van der Waals surface area (Å²) < 4.78 is 18.7. The van der Waals surface area contributed by atoms with E-state index in [0.717, 1.165) is 48.6 Å². The smallest absolute Gasteiger partial charge is 0.374 e. The summed E-state index contributed by atoms with van der Waals surface area (Å²) >= 11 is 0. The Balaban J connectivity index is 1.64.